The number of carbonyl (C=O) groups is 1. The number of amides is 2. The second kappa shape index (κ2) is 11.1. The number of fused-ring (bicyclic) bond motifs is 3. The molecule has 192 valence electrons. The highest BCUT2D eigenvalue weighted by atomic mass is 35.5. The van der Waals surface area contributed by atoms with Crippen molar-refractivity contribution in [3.05, 3.63) is 64.8 Å². The number of nitrogens with zero attached hydrogens (tertiary/aromatic N) is 4. The average molecular weight is 527 g/mol. The standard InChI is InChI=1S/C26H25ClF2N6O2/c1-15(2)34-25-20(10-17(27)14-33-25)19-4-3-16(13-30)9-23(19)35(26(34)37)24-21(28)11-18(12-22(24)29)32-6-5-31-7-8-36/h3-4,9-12,14-15,31-32,36H,5-8H2,1-2H3. The second-order valence-corrected chi connectivity index (χ2v) is 9.08. The lowest BCUT2D eigenvalue weighted by Gasteiger charge is -2.31. The van der Waals surface area contributed by atoms with Crippen molar-refractivity contribution in [3.63, 3.8) is 0 Å². The lowest BCUT2D eigenvalue weighted by Crippen LogP contribution is -2.45. The maximum atomic E-state index is 15.6. The molecule has 0 unspecified atom stereocenters. The molecular formula is C26H25ClF2N6O2. The second-order valence-electron chi connectivity index (χ2n) is 8.64. The summed E-state index contributed by atoms with van der Waals surface area (Å²) in [5, 5.41) is 24.6. The van der Waals surface area contributed by atoms with Gasteiger partial charge in [-0.05, 0) is 44.2 Å². The van der Waals surface area contributed by atoms with Gasteiger partial charge in [-0.25, -0.2) is 18.6 Å². The summed E-state index contributed by atoms with van der Waals surface area (Å²) in [5.74, 6) is -1.64. The number of anilines is 4. The molecule has 0 spiro atoms. The highest BCUT2D eigenvalue weighted by Gasteiger charge is 2.38. The Morgan fingerprint density at radius 1 is 1.11 bits per heavy atom. The molecule has 0 radical (unpaired) electrons. The molecule has 0 saturated heterocycles. The first-order chi connectivity index (χ1) is 17.8. The third-order valence-corrected chi connectivity index (χ3v) is 6.00. The number of halogens is 3. The fourth-order valence-electron chi connectivity index (χ4n) is 4.20. The Hall–Kier alpha value is -3.78. The first-order valence-corrected chi connectivity index (χ1v) is 12.0. The summed E-state index contributed by atoms with van der Waals surface area (Å²) < 4.78 is 31.2. The van der Waals surface area contributed by atoms with Crippen molar-refractivity contribution < 1.29 is 18.7 Å². The van der Waals surface area contributed by atoms with E-state index in [0.717, 1.165) is 17.0 Å². The van der Waals surface area contributed by atoms with Crippen molar-refractivity contribution in [1.29, 1.82) is 5.26 Å². The average Bonchev–Trinajstić information content (AvgIpc) is 2.95. The number of urea groups is 1. The SMILES string of the molecule is CC(C)N1C(=O)N(c2c(F)cc(NCCNCCO)cc2F)c2cc(C#N)ccc2-c2cc(Cl)cnc21. The quantitative estimate of drug-likeness (QED) is 0.356. The molecule has 11 heteroatoms. The van der Waals surface area contributed by atoms with E-state index in [0.29, 0.717) is 35.8 Å². The van der Waals surface area contributed by atoms with Crippen LogP contribution in [-0.4, -0.2) is 48.4 Å². The smallest absolute Gasteiger partial charge is 0.335 e. The summed E-state index contributed by atoms with van der Waals surface area (Å²) in [6, 6.07) is 9.30. The van der Waals surface area contributed by atoms with Crippen molar-refractivity contribution in [2.45, 2.75) is 19.9 Å². The molecule has 2 heterocycles. The van der Waals surface area contributed by atoms with Crippen molar-refractivity contribution in [2.75, 3.05) is 41.4 Å². The zero-order valence-corrected chi connectivity index (χ0v) is 21.0. The molecule has 0 atom stereocenters. The van der Waals surface area contributed by atoms with Crippen LogP contribution in [-0.2, 0) is 0 Å². The fourth-order valence-corrected chi connectivity index (χ4v) is 4.36. The lowest BCUT2D eigenvalue weighted by atomic mass is 10.0. The molecule has 3 N–H and O–H groups in total. The number of aliphatic hydroxyl groups is 1. The molecule has 1 aliphatic rings. The van der Waals surface area contributed by atoms with Crippen molar-refractivity contribution in [1.82, 2.24) is 10.3 Å². The Bertz CT molecular complexity index is 1350. The van der Waals surface area contributed by atoms with Gasteiger partial charge in [0.2, 0.25) is 0 Å². The first-order valence-electron chi connectivity index (χ1n) is 11.6. The number of nitriles is 1. The van der Waals surface area contributed by atoms with Crippen LogP contribution in [0.1, 0.15) is 19.4 Å². The predicted molar refractivity (Wildman–Crippen MR) is 139 cm³/mol. The number of carbonyl (C=O) groups excluding carboxylic acids is 1. The van der Waals surface area contributed by atoms with E-state index < -0.39 is 29.4 Å². The Morgan fingerprint density at radius 2 is 1.84 bits per heavy atom. The van der Waals surface area contributed by atoms with Crippen molar-refractivity contribution >= 4 is 40.5 Å². The summed E-state index contributed by atoms with van der Waals surface area (Å²) in [5.41, 5.74) is 0.886. The number of rotatable bonds is 8. The summed E-state index contributed by atoms with van der Waals surface area (Å²) in [6.45, 7) is 4.74. The van der Waals surface area contributed by atoms with E-state index >= 15 is 8.78 Å². The molecule has 2 amide bonds. The van der Waals surface area contributed by atoms with Crippen molar-refractivity contribution in [3.8, 4) is 17.2 Å². The van der Waals surface area contributed by atoms with Gasteiger partial charge in [-0.2, -0.15) is 5.26 Å². The molecule has 2 aromatic carbocycles. The number of pyridine rings is 1. The van der Waals surface area contributed by atoms with Crippen LogP contribution in [0.2, 0.25) is 5.02 Å². The molecule has 0 bridgehead atoms. The molecule has 8 nitrogen and oxygen atoms in total. The summed E-state index contributed by atoms with van der Waals surface area (Å²) in [6.07, 6.45) is 1.40. The Morgan fingerprint density at radius 3 is 2.49 bits per heavy atom. The Labute approximate surface area is 218 Å². The van der Waals surface area contributed by atoms with Gasteiger partial charge in [0.1, 0.15) is 11.5 Å². The van der Waals surface area contributed by atoms with Crippen LogP contribution in [0.25, 0.3) is 11.1 Å². The monoisotopic (exact) mass is 526 g/mol. The largest absolute Gasteiger partial charge is 0.395 e. The van der Waals surface area contributed by atoms with Crippen LogP contribution in [0.5, 0.6) is 0 Å². The molecule has 37 heavy (non-hydrogen) atoms. The molecule has 0 aliphatic carbocycles. The lowest BCUT2D eigenvalue weighted by molar-refractivity contribution is 0.251. The summed E-state index contributed by atoms with van der Waals surface area (Å²) in [4.78, 5) is 20.6. The molecule has 3 aromatic rings. The molecule has 0 fully saturated rings. The van der Waals surface area contributed by atoms with Gasteiger partial charge in [0, 0.05) is 48.7 Å². The van der Waals surface area contributed by atoms with E-state index in [1.54, 1.807) is 32.0 Å². The number of hydrogen-bond donors (Lipinski definition) is 3. The Balaban J connectivity index is 1.87. The van der Waals surface area contributed by atoms with Crippen LogP contribution >= 0.6 is 11.6 Å². The van der Waals surface area contributed by atoms with Gasteiger partial charge >= 0.3 is 6.03 Å². The van der Waals surface area contributed by atoms with Gasteiger partial charge in [0.15, 0.2) is 11.6 Å². The predicted octanol–water partition coefficient (Wildman–Crippen LogP) is 5.03. The van der Waals surface area contributed by atoms with Crippen LogP contribution in [0, 0.1) is 23.0 Å². The van der Waals surface area contributed by atoms with Gasteiger partial charge in [-0.15, -0.1) is 0 Å². The van der Waals surface area contributed by atoms with E-state index in [1.165, 1.54) is 17.2 Å². The maximum Gasteiger partial charge on any atom is 0.335 e. The van der Waals surface area contributed by atoms with Crippen LogP contribution in [0.3, 0.4) is 0 Å². The van der Waals surface area contributed by atoms with Gasteiger partial charge in [-0.1, -0.05) is 17.7 Å². The number of hydrogen-bond acceptors (Lipinski definition) is 6. The maximum absolute atomic E-state index is 15.6. The van der Waals surface area contributed by atoms with Crippen LogP contribution in [0.15, 0.2) is 42.6 Å². The van der Waals surface area contributed by atoms with E-state index in [9.17, 15) is 10.1 Å². The molecule has 0 saturated carbocycles. The first kappa shape index (κ1) is 26.3. The van der Waals surface area contributed by atoms with E-state index in [1.807, 2.05) is 6.07 Å². The van der Waals surface area contributed by atoms with E-state index in [-0.39, 0.29) is 29.4 Å². The highest BCUT2D eigenvalue weighted by molar-refractivity contribution is 6.31. The third-order valence-electron chi connectivity index (χ3n) is 5.79. The van der Waals surface area contributed by atoms with E-state index in [4.69, 9.17) is 16.7 Å². The molecule has 1 aromatic heterocycles. The number of benzene rings is 2. The normalized spacial score (nSPS) is 12.8. The number of aromatic nitrogens is 1. The molecular weight excluding hydrogens is 502 g/mol. The van der Waals surface area contributed by atoms with Gasteiger partial charge < -0.3 is 15.7 Å². The number of nitrogens with one attached hydrogen (secondary N) is 2. The minimum Gasteiger partial charge on any atom is -0.395 e. The Kier molecular flexibility index (Phi) is 7.88. The van der Waals surface area contributed by atoms with Gasteiger partial charge in [-0.3, -0.25) is 9.80 Å². The van der Waals surface area contributed by atoms with E-state index in [2.05, 4.69) is 15.6 Å². The number of aliphatic hydroxyl groups excluding tert-OH is 1. The summed E-state index contributed by atoms with van der Waals surface area (Å²) >= 11 is 6.23. The zero-order valence-electron chi connectivity index (χ0n) is 20.2. The van der Waals surface area contributed by atoms with Crippen molar-refractivity contribution in [2.24, 2.45) is 0 Å². The molecule has 4 rings (SSSR count). The van der Waals surface area contributed by atoms with Crippen LogP contribution in [0.4, 0.5) is 36.5 Å². The van der Waals surface area contributed by atoms with Gasteiger partial charge in [0.25, 0.3) is 0 Å². The fraction of sp³-hybridized carbons (Fsp3) is 0.269. The highest BCUT2D eigenvalue weighted by Crippen LogP contribution is 2.46. The topological polar surface area (TPSA) is 105 Å². The van der Waals surface area contributed by atoms with Gasteiger partial charge in [0.05, 0.1) is 28.9 Å². The third kappa shape index (κ3) is 5.20. The minimum atomic E-state index is -0.965. The summed E-state index contributed by atoms with van der Waals surface area (Å²) in [7, 11) is 0. The van der Waals surface area contributed by atoms with Crippen LogP contribution < -0.4 is 20.4 Å². The minimum absolute atomic E-state index is 0.0181. The molecule has 1 aliphatic heterocycles. The zero-order chi connectivity index (χ0) is 26.7.